The van der Waals surface area contributed by atoms with Crippen molar-refractivity contribution in [1.82, 2.24) is 10.3 Å². The first-order chi connectivity index (χ1) is 13.8. The Kier molecular flexibility index (Phi) is 8.95. The molecule has 2 unspecified atom stereocenters. The van der Waals surface area contributed by atoms with Gasteiger partial charge in [-0.15, -0.1) is 11.5 Å². The minimum atomic E-state index is -1.71. The Morgan fingerprint density at radius 1 is 1.03 bits per heavy atom. The molecule has 1 aliphatic carbocycles. The lowest BCUT2D eigenvalue weighted by Crippen LogP contribution is -2.43. The third kappa shape index (κ3) is 6.19. The maximum Gasteiger partial charge on any atom is 0.270 e. The van der Waals surface area contributed by atoms with Crippen LogP contribution in [0.3, 0.4) is 0 Å². The number of carbonyl (C=O) groups excluding carboxylic acids is 1. The quantitative estimate of drug-likeness (QED) is 0.451. The summed E-state index contributed by atoms with van der Waals surface area (Å²) in [7, 11) is -1.71. The largest absolute Gasteiger partial charge is 0.348 e. The Morgan fingerprint density at radius 2 is 1.69 bits per heavy atom. The SMILES string of the molecule is CC(C)[Si](C#CC1CCCCCC(NC(=O)c2ccccn2)C1)(C(C)C)C(C)C. The van der Waals surface area contributed by atoms with E-state index in [0.29, 0.717) is 28.2 Å². The van der Waals surface area contributed by atoms with E-state index in [9.17, 15) is 4.79 Å². The molecule has 1 aromatic rings. The summed E-state index contributed by atoms with van der Waals surface area (Å²) in [6, 6.07) is 5.68. The third-order valence-corrected chi connectivity index (χ3v) is 13.1. The minimum absolute atomic E-state index is 0.0573. The van der Waals surface area contributed by atoms with Gasteiger partial charge in [0.15, 0.2) is 0 Å². The zero-order valence-corrected chi connectivity index (χ0v) is 20.3. The predicted molar refractivity (Wildman–Crippen MR) is 126 cm³/mol. The molecule has 0 radical (unpaired) electrons. The number of nitrogens with zero attached hydrogens (tertiary/aromatic N) is 1. The van der Waals surface area contributed by atoms with E-state index in [1.807, 2.05) is 12.1 Å². The molecule has 29 heavy (non-hydrogen) atoms. The van der Waals surface area contributed by atoms with Gasteiger partial charge in [-0.25, -0.2) is 0 Å². The molecule has 0 aromatic carbocycles. The van der Waals surface area contributed by atoms with E-state index in [0.717, 1.165) is 19.3 Å². The summed E-state index contributed by atoms with van der Waals surface area (Å²) >= 11 is 0. The van der Waals surface area contributed by atoms with Crippen molar-refractivity contribution in [3.63, 3.8) is 0 Å². The van der Waals surface area contributed by atoms with Gasteiger partial charge in [0.05, 0.1) is 0 Å². The Morgan fingerprint density at radius 3 is 2.28 bits per heavy atom. The summed E-state index contributed by atoms with van der Waals surface area (Å²) in [6.07, 6.45) is 8.49. The van der Waals surface area contributed by atoms with Crippen molar-refractivity contribution in [3.8, 4) is 11.5 Å². The van der Waals surface area contributed by atoms with Gasteiger partial charge in [-0.3, -0.25) is 9.78 Å². The second-order valence-corrected chi connectivity index (χ2v) is 15.2. The van der Waals surface area contributed by atoms with Gasteiger partial charge >= 0.3 is 0 Å². The molecule has 160 valence electrons. The third-order valence-electron chi connectivity index (χ3n) is 6.77. The molecule has 1 aliphatic rings. The molecule has 0 saturated heterocycles. The normalized spacial score (nSPS) is 20.7. The highest BCUT2D eigenvalue weighted by Gasteiger charge is 2.41. The number of nitrogens with one attached hydrogen (secondary N) is 1. The van der Waals surface area contributed by atoms with Crippen molar-refractivity contribution >= 4 is 14.0 Å². The zero-order valence-electron chi connectivity index (χ0n) is 19.3. The number of carbonyl (C=O) groups is 1. The van der Waals surface area contributed by atoms with E-state index in [-0.39, 0.29) is 11.9 Å². The van der Waals surface area contributed by atoms with Crippen LogP contribution in [0.2, 0.25) is 16.6 Å². The highest BCUT2D eigenvalue weighted by atomic mass is 28.3. The molecule has 0 spiro atoms. The van der Waals surface area contributed by atoms with Gasteiger partial charge in [0.25, 0.3) is 5.91 Å². The molecular formula is C25H40N2OSi. The van der Waals surface area contributed by atoms with Crippen molar-refractivity contribution in [2.24, 2.45) is 5.92 Å². The number of hydrogen-bond acceptors (Lipinski definition) is 2. The number of aromatic nitrogens is 1. The molecule has 3 nitrogen and oxygen atoms in total. The predicted octanol–water partition coefficient (Wildman–Crippen LogP) is 6.37. The van der Waals surface area contributed by atoms with Crippen LogP contribution >= 0.6 is 0 Å². The first kappa shape index (κ1) is 23.7. The molecule has 0 bridgehead atoms. The summed E-state index contributed by atoms with van der Waals surface area (Å²) in [5.41, 5.74) is 6.39. The van der Waals surface area contributed by atoms with Crippen LogP contribution in [0.5, 0.6) is 0 Å². The average Bonchev–Trinajstić information content (AvgIpc) is 2.65. The van der Waals surface area contributed by atoms with Gasteiger partial charge in [0.1, 0.15) is 13.8 Å². The molecule has 2 rings (SSSR count). The fourth-order valence-electron chi connectivity index (χ4n) is 5.22. The Balaban J connectivity index is 2.17. The Labute approximate surface area is 179 Å². The van der Waals surface area contributed by atoms with E-state index in [4.69, 9.17) is 0 Å². The molecule has 1 fully saturated rings. The number of hydrogen-bond donors (Lipinski definition) is 1. The van der Waals surface area contributed by atoms with E-state index in [1.54, 1.807) is 12.3 Å². The lowest BCUT2D eigenvalue weighted by molar-refractivity contribution is 0.0923. The fraction of sp³-hybridized carbons (Fsp3) is 0.680. The standard InChI is InChI=1S/C25H40N2OSi/c1-19(2)29(20(3)4,21(5)6)17-15-22-12-8-7-9-13-23(18-22)27-25(28)24-14-10-11-16-26-24/h10-11,14,16,19-23H,7-9,12-13,18H2,1-6H3,(H,27,28). The summed E-state index contributed by atoms with van der Waals surface area (Å²) in [6.45, 7) is 14.2. The molecular weight excluding hydrogens is 372 g/mol. The van der Waals surface area contributed by atoms with Crippen LogP contribution in [0, 0.1) is 17.4 Å². The van der Waals surface area contributed by atoms with Gasteiger partial charge < -0.3 is 5.32 Å². The average molecular weight is 413 g/mol. The highest BCUT2D eigenvalue weighted by molar-refractivity contribution is 6.90. The van der Waals surface area contributed by atoms with Crippen LogP contribution < -0.4 is 5.32 Å². The first-order valence-corrected chi connectivity index (χ1v) is 13.7. The van der Waals surface area contributed by atoms with Crippen molar-refractivity contribution in [1.29, 1.82) is 0 Å². The Hall–Kier alpha value is -1.60. The second kappa shape index (κ2) is 11.0. The molecule has 1 amide bonds. The van der Waals surface area contributed by atoms with Crippen molar-refractivity contribution in [2.45, 2.75) is 103 Å². The van der Waals surface area contributed by atoms with Gasteiger partial charge in [-0.2, -0.15) is 0 Å². The van der Waals surface area contributed by atoms with Crippen LogP contribution in [-0.4, -0.2) is 25.0 Å². The lowest BCUT2D eigenvalue weighted by atomic mass is 9.88. The van der Waals surface area contributed by atoms with Gasteiger partial charge in [0, 0.05) is 18.2 Å². The van der Waals surface area contributed by atoms with Crippen LogP contribution in [0.1, 0.15) is 90.6 Å². The molecule has 1 saturated carbocycles. The van der Waals surface area contributed by atoms with Gasteiger partial charge in [-0.05, 0) is 48.0 Å². The maximum atomic E-state index is 12.6. The van der Waals surface area contributed by atoms with E-state index < -0.39 is 8.07 Å². The zero-order chi connectivity index (χ0) is 21.4. The van der Waals surface area contributed by atoms with Crippen molar-refractivity contribution in [3.05, 3.63) is 30.1 Å². The number of pyridine rings is 1. The summed E-state index contributed by atoms with van der Waals surface area (Å²) < 4.78 is 0. The highest BCUT2D eigenvalue weighted by Crippen LogP contribution is 2.41. The maximum absolute atomic E-state index is 12.6. The smallest absolute Gasteiger partial charge is 0.270 e. The molecule has 1 aromatic heterocycles. The topological polar surface area (TPSA) is 42.0 Å². The van der Waals surface area contributed by atoms with Crippen LogP contribution in [-0.2, 0) is 0 Å². The fourth-order valence-corrected chi connectivity index (χ4v) is 10.5. The van der Waals surface area contributed by atoms with Crippen LogP contribution in [0.25, 0.3) is 0 Å². The monoisotopic (exact) mass is 412 g/mol. The van der Waals surface area contributed by atoms with Gasteiger partial charge in [-0.1, -0.05) is 66.9 Å². The van der Waals surface area contributed by atoms with Crippen molar-refractivity contribution in [2.75, 3.05) is 0 Å². The lowest BCUT2D eigenvalue weighted by Gasteiger charge is -2.38. The van der Waals surface area contributed by atoms with Gasteiger partial charge in [0.2, 0.25) is 0 Å². The van der Waals surface area contributed by atoms with E-state index in [2.05, 4.69) is 63.3 Å². The van der Waals surface area contributed by atoms with Crippen LogP contribution in [0.15, 0.2) is 24.4 Å². The van der Waals surface area contributed by atoms with E-state index in [1.165, 1.54) is 19.3 Å². The molecule has 1 N–H and O–H groups in total. The van der Waals surface area contributed by atoms with Crippen LogP contribution in [0.4, 0.5) is 0 Å². The van der Waals surface area contributed by atoms with Crippen molar-refractivity contribution < 1.29 is 4.79 Å². The molecule has 1 heterocycles. The second-order valence-electron chi connectivity index (χ2n) is 9.62. The summed E-state index contributed by atoms with van der Waals surface area (Å²) in [5.74, 6) is 4.09. The molecule has 2 atom stereocenters. The summed E-state index contributed by atoms with van der Waals surface area (Å²) in [4.78, 5) is 16.8. The Bertz CT molecular complexity index is 681. The summed E-state index contributed by atoms with van der Waals surface area (Å²) in [5, 5.41) is 3.24. The molecule has 0 aliphatic heterocycles. The number of amides is 1. The first-order valence-electron chi connectivity index (χ1n) is 11.5. The minimum Gasteiger partial charge on any atom is -0.348 e. The number of rotatable bonds is 5. The van der Waals surface area contributed by atoms with E-state index >= 15 is 0 Å². The molecule has 4 heteroatoms.